The highest BCUT2D eigenvalue weighted by Gasteiger charge is 2.30. The number of aryl methyl sites for hydroxylation is 1. The number of halogens is 2. The normalized spacial score (nSPS) is 18.4. The summed E-state index contributed by atoms with van der Waals surface area (Å²) in [5, 5.41) is 9.25. The Morgan fingerprint density at radius 3 is 2.80 bits per heavy atom. The zero-order valence-corrected chi connectivity index (χ0v) is 23.0. The molecule has 0 bridgehead atoms. The van der Waals surface area contributed by atoms with E-state index in [1.54, 1.807) is 24.7 Å². The summed E-state index contributed by atoms with van der Waals surface area (Å²) in [6.45, 7) is 6.56. The fraction of sp³-hybridized carbons (Fsp3) is 0.355. The van der Waals surface area contributed by atoms with Crippen LogP contribution in [0.25, 0.3) is 10.9 Å². The Bertz CT molecular complexity index is 1720. The van der Waals surface area contributed by atoms with Gasteiger partial charge in [0, 0.05) is 55.9 Å². The molecule has 2 atom stereocenters. The lowest BCUT2D eigenvalue weighted by atomic mass is 10.0. The molecule has 8 nitrogen and oxygen atoms in total. The molecule has 0 aliphatic carbocycles. The van der Waals surface area contributed by atoms with Gasteiger partial charge in [-0.25, -0.2) is 9.37 Å². The summed E-state index contributed by atoms with van der Waals surface area (Å²) in [6, 6.07) is 10.7. The molecule has 1 fully saturated rings. The molecular weight excluding hydrogens is 526 g/mol. The van der Waals surface area contributed by atoms with Crippen LogP contribution in [0.1, 0.15) is 48.3 Å². The van der Waals surface area contributed by atoms with Gasteiger partial charge in [-0.1, -0.05) is 0 Å². The van der Waals surface area contributed by atoms with Gasteiger partial charge in [-0.3, -0.25) is 14.7 Å². The fourth-order valence-corrected chi connectivity index (χ4v) is 5.96. The van der Waals surface area contributed by atoms with Crippen LogP contribution in [0.5, 0.6) is 5.75 Å². The van der Waals surface area contributed by atoms with Crippen molar-refractivity contribution in [2.75, 3.05) is 24.6 Å². The second kappa shape index (κ2) is 10.9. The zero-order chi connectivity index (χ0) is 28.7. The third-order valence-corrected chi connectivity index (χ3v) is 8.04. The van der Waals surface area contributed by atoms with Crippen LogP contribution >= 0.6 is 0 Å². The van der Waals surface area contributed by atoms with E-state index in [2.05, 4.69) is 25.8 Å². The molecule has 0 amide bonds. The van der Waals surface area contributed by atoms with Crippen LogP contribution in [0, 0.1) is 29.9 Å². The van der Waals surface area contributed by atoms with Crippen LogP contribution in [0.4, 0.5) is 14.5 Å². The van der Waals surface area contributed by atoms with Crippen molar-refractivity contribution in [1.82, 2.24) is 19.4 Å². The van der Waals surface area contributed by atoms with E-state index in [4.69, 9.17) is 10.00 Å². The van der Waals surface area contributed by atoms with Crippen molar-refractivity contribution in [2.24, 2.45) is 0 Å². The second-order valence-corrected chi connectivity index (χ2v) is 10.9. The third kappa shape index (κ3) is 5.13. The lowest BCUT2D eigenvalue weighted by Crippen LogP contribution is -2.48. The van der Waals surface area contributed by atoms with Crippen molar-refractivity contribution in [2.45, 2.75) is 51.9 Å². The minimum Gasteiger partial charge on any atom is -0.486 e. The standard InChI is InChI=1S/C31H30F2N6O2/c1-19-10-21(7-8-35-19)14-38(25-4-3-9-37(17-25)24-6-5-23(12-34)36-13-24)15-22-16-39-20(2)18-41-31-28(33)27(32)11-26(29(31)39)30(22)40/h5-8,10-11,13,16,20,25H,3-4,9,14-15,17-18H2,1-2H3/t20?,25-/m0/s1. The van der Waals surface area contributed by atoms with Crippen molar-refractivity contribution >= 4 is 16.6 Å². The van der Waals surface area contributed by atoms with Gasteiger partial charge in [0.05, 0.1) is 28.8 Å². The Labute approximate surface area is 236 Å². The number of ether oxygens (including phenoxy) is 1. The Kier molecular flexibility index (Phi) is 7.14. The molecule has 1 aromatic carbocycles. The molecule has 2 aliphatic heterocycles. The van der Waals surface area contributed by atoms with E-state index in [0.717, 1.165) is 42.4 Å². The molecule has 0 saturated carbocycles. The minimum absolute atomic E-state index is 0.102. The fourth-order valence-electron chi connectivity index (χ4n) is 5.96. The second-order valence-electron chi connectivity index (χ2n) is 10.9. The molecule has 2 aliphatic rings. The number of piperidine rings is 1. The Hall–Kier alpha value is -4.36. The van der Waals surface area contributed by atoms with E-state index in [-0.39, 0.29) is 35.3 Å². The first-order valence-electron chi connectivity index (χ1n) is 13.8. The average molecular weight is 557 g/mol. The van der Waals surface area contributed by atoms with Crippen molar-refractivity contribution in [1.29, 1.82) is 5.26 Å². The summed E-state index contributed by atoms with van der Waals surface area (Å²) in [6.07, 6.45) is 7.18. The van der Waals surface area contributed by atoms with Crippen LogP contribution in [-0.4, -0.2) is 45.2 Å². The van der Waals surface area contributed by atoms with Gasteiger partial charge in [-0.15, -0.1) is 0 Å². The molecule has 10 heteroatoms. The van der Waals surface area contributed by atoms with E-state index in [1.807, 2.05) is 36.6 Å². The van der Waals surface area contributed by atoms with E-state index < -0.39 is 11.6 Å². The maximum absolute atomic E-state index is 14.6. The Morgan fingerprint density at radius 2 is 2.05 bits per heavy atom. The van der Waals surface area contributed by atoms with Crippen molar-refractivity contribution in [3.05, 3.63) is 93.3 Å². The molecule has 0 radical (unpaired) electrons. The lowest BCUT2D eigenvalue weighted by Gasteiger charge is -2.40. The molecule has 0 spiro atoms. The van der Waals surface area contributed by atoms with Crippen molar-refractivity contribution in [3.8, 4) is 11.8 Å². The molecule has 5 heterocycles. The number of pyridine rings is 3. The van der Waals surface area contributed by atoms with Gasteiger partial charge in [0.2, 0.25) is 5.82 Å². The Balaban J connectivity index is 1.38. The molecule has 4 aromatic rings. The van der Waals surface area contributed by atoms with Crippen LogP contribution in [-0.2, 0) is 13.1 Å². The van der Waals surface area contributed by atoms with Gasteiger partial charge < -0.3 is 14.2 Å². The van der Waals surface area contributed by atoms with Gasteiger partial charge in [-0.05, 0) is 62.6 Å². The summed E-state index contributed by atoms with van der Waals surface area (Å²) in [7, 11) is 0. The number of anilines is 1. The summed E-state index contributed by atoms with van der Waals surface area (Å²) in [5.41, 5.74) is 3.80. The van der Waals surface area contributed by atoms with Gasteiger partial charge in [-0.2, -0.15) is 9.65 Å². The first-order valence-corrected chi connectivity index (χ1v) is 13.8. The number of hydrogen-bond donors (Lipinski definition) is 0. The monoisotopic (exact) mass is 556 g/mol. The number of nitrogens with zero attached hydrogens (tertiary/aromatic N) is 6. The summed E-state index contributed by atoms with van der Waals surface area (Å²) in [4.78, 5) is 26.9. The van der Waals surface area contributed by atoms with E-state index in [9.17, 15) is 13.6 Å². The van der Waals surface area contributed by atoms with E-state index in [0.29, 0.717) is 36.4 Å². The molecule has 210 valence electrons. The average Bonchev–Trinajstić information content (AvgIpc) is 2.98. The highest BCUT2D eigenvalue weighted by molar-refractivity contribution is 5.86. The van der Waals surface area contributed by atoms with Crippen LogP contribution in [0.2, 0.25) is 0 Å². The van der Waals surface area contributed by atoms with E-state index >= 15 is 0 Å². The number of aromatic nitrogens is 3. The van der Waals surface area contributed by atoms with Gasteiger partial charge >= 0.3 is 0 Å². The van der Waals surface area contributed by atoms with Crippen molar-refractivity contribution < 1.29 is 13.5 Å². The number of benzene rings is 1. The van der Waals surface area contributed by atoms with Crippen molar-refractivity contribution in [3.63, 3.8) is 0 Å². The van der Waals surface area contributed by atoms with Gasteiger partial charge in [0.1, 0.15) is 18.4 Å². The minimum atomic E-state index is -1.09. The van der Waals surface area contributed by atoms with Gasteiger partial charge in [0.15, 0.2) is 17.0 Å². The number of nitriles is 1. The van der Waals surface area contributed by atoms with Crippen LogP contribution in [0.3, 0.4) is 0 Å². The third-order valence-electron chi connectivity index (χ3n) is 8.04. The summed E-state index contributed by atoms with van der Waals surface area (Å²) in [5.74, 6) is -2.37. The zero-order valence-electron chi connectivity index (χ0n) is 23.0. The molecule has 3 aromatic heterocycles. The maximum atomic E-state index is 14.6. The molecule has 1 saturated heterocycles. The molecule has 0 N–H and O–H groups in total. The first-order chi connectivity index (χ1) is 19.8. The number of hydrogen-bond acceptors (Lipinski definition) is 7. The quantitative estimate of drug-likeness (QED) is 0.335. The smallest absolute Gasteiger partial charge is 0.202 e. The maximum Gasteiger partial charge on any atom is 0.202 e. The van der Waals surface area contributed by atoms with E-state index in [1.165, 1.54) is 0 Å². The SMILES string of the molecule is Cc1cc(CN(Cc2cn3c4c(c(F)c(F)cc4c2=O)OCC3C)[C@H]2CCCN(c3ccc(C#N)nc3)C2)ccn1. The topological polar surface area (TPSA) is 87.3 Å². The summed E-state index contributed by atoms with van der Waals surface area (Å²) < 4.78 is 36.5. The predicted octanol–water partition coefficient (Wildman–Crippen LogP) is 4.87. The highest BCUT2D eigenvalue weighted by atomic mass is 19.2. The predicted molar refractivity (Wildman–Crippen MR) is 151 cm³/mol. The molecule has 1 unspecified atom stereocenters. The highest BCUT2D eigenvalue weighted by Crippen LogP contribution is 2.35. The Morgan fingerprint density at radius 1 is 1.20 bits per heavy atom. The molecular formula is C31H30F2N6O2. The molecule has 41 heavy (non-hydrogen) atoms. The largest absolute Gasteiger partial charge is 0.486 e. The first kappa shape index (κ1) is 26.8. The summed E-state index contributed by atoms with van der Waals surface area (Å²) >= 11 is 0. The van der Waals surface area contributed by atoms with Gasteiger partial charge in [0.25, 0.3) is 0 Å². The lowest BCUT2D eigenvalue weighted by molar-refractivity contribution is 0.157. The molecule has 6 rings (SSSR count). The van der Waals surface area contributed by atoms with Crippen LogP contribution in [0.15, 0.2) is 53.7 Å². The van der Waals surface area contributed by atoms with Crippen LogP contribution < -0.4 is 15.1 Å². The number of rotatable bonds is 6.